The largest absolute Gasteiger partial charge is 0.377 e. The van der Waals surface area contributed by atoms with Crippen molar-refractivity contribution in [2.45, 2.75) is 24.5 Å². The van der Waals surface area contributed by atoms with Crippen molar-refractivity contribution in [2.24, 2.45) is 0 Å². The highest BCUT2D eigenvalue weighted by Gasteiger charge is 2.57. The van der Waals surface area contributed by atoms with Gasteiger partial charge in [0.2, 0.25) is 0 Å². The van der Waals surface area contributed by atoms with Gasteiger partial charge in [0.05, 0.1) is 6.54 Å². The van der Waals surface area contributed by atoms with Gasteiger partial charge in [-0.2, -0.15) is 17.6 Å². The molecule has 3 rings (SSSR count). The van der Waals surface area contributed by atoms with Crippen LogP contribution in [0.2, 0.25) is 0 Å². The minimum atomic E-state index is -4.24. The Bertz CT molecular complexity index is 1080. The Morgan fingerprint density at radius 2 is 1.90 bits per heavy atom. The van der Waals surface area contributed by atoms with Crippen molar-refractivity contribution in [2.75, 3.05) is 0 Å². The van der Waals surface area contributed by atoms with Crippen LogP contribution < -0.4 is 0 Å². The predicted molar refractivity (Wildman–Crippen MR) is 89.1 cm³/mol. The van der Waals surface area contributed by atoms with Crippen LogP contribution in [0, 0.1) is 23.5 Å². The number of alkyl halides is 4. The lowest BCUT2D eigenvalue weighted by molar-refractivity contribution is -0.207. The molecule has 0 fully saturated rings. The van der Waals surface area contributed by atoms with Crippen molar-refractivity contribution < 1.29 is 31.4 Å². The van der Waals surface area contributed by atoms with E-state index in [-0.39, 0.29) is 5.56 Å². The van der Waals surface area contributed by atoms with Crippen LogP contribution in [0.4, 0.5) is 26.3 Å². The normalized spacial score (nSPS) is 13.6. The number of tetrazole rings is 1. The molecule has 0 saturated carbocycles. The number of benzene rings is 1. The van der Waals surface area contributed by atoms with E-state index in [9.17, 15) is 22.7 Å². The minimum absolute atomic E-state index is 0.0770. The van der Waals surface area contributed by atoms with Crippen molar-refractivity contribution >= 4 is 0 Å². The summed E-state index contributed by atoms with van der Waals surface area (Å²) in [5, 5.41) is 20.9. The van der Waals surface area contributed by atoms with E-state index in [4.69, 9.17) is 0 Å². The molecule has 2 heterocycles. The average molecular weight is 427 g/mol. The summed E-state index contributed by atoms with van der Waals surface area (Å²) < 4.78 is 83.5. The number of aliphatic hydroxyl groups is 1. The number of halogens is 6. The molecule has 0 saturated heterocycles. The number of nitrogens with zero attached hydrogens (tertiary/aromatic N) is 5. The molecule has 1 aromatic carbocycles. The molecule has 0 radical (unpaired) electrons. The first-order valence-electron chi connectivity index (χ1n) is 8.16. The van der Waals surface area contributed by atoms with E-state index in [1.807, 2.05) is 5.92 Å². The first kappa shape index (κ1) is 21.3. The Morgan fingerprint density at radius 1 is 1.13 bits per heavy atom. The van der Waals surface area contributed by atoms with E-state index >= 15 is 8.78 Å². The summed E-state index contributed by atoms with van der Waals surface area (Å²) in [5.74, 6) is -3.12. The third-order valence-electron chi connectivity index (χ3n) is 4.09. The van der Waals surface area contributed by atoms with Crippen molar-refractivity contribution in [3.8, 4) is 11.8 Å². The molecule has 0 aliphatic rings. The quantitative estimate of drug-likeness (QED) is 0.501. The summed E-state index contributed by atoms with van der Waals surface area (Å²) >= 11 is 0. The van der Waals surface area contributed by atoms with Crippen LogP contribution in [0.5, 0.6) is 0 Å². The zero-order valence-corrected chi connectivity index (χ0v) is 14.8. The second-order valence-electron chi connectivity index (χ2n) is 6.07. The topological polar surface area (TPSA) is 76.7 Å². The molecule has 156 valence electrons. The van der Waals surface area contributed by atoms with Crippen LogP contribution in [-0.4, -0.2) is 36.7 Å². The number of rotatable bonds is 5. The van der Waals surface area contributed by atoms with Crippen molar-refractivity contribution in [1.29, 1.82) is 0 Å². The van der Waals surface area contributed by atoms with Crippen LogP contribution in [0.25, 0.3) is 0 Å². The molecule has 1 N–H and O–H groups in total. The lowest BCUT2D eigenvalue weighted by atomic mass is 9.84. The predicted octanol–water partition coefficient (Wildman–Crippen LogP) is 2.64. The maximum absolute atomic E-state index is 15.4. The molecule has 1 atom stereocenters. The summed E-state index contributed by atoms with van der Waals surface area (Å²) in [6.07, 6.45) is -1.20. The fourth-order valence-corrected chi connectivity index (χ4v) is 2.67. The summed E-state index contributed by atoms with van der Waals surface area (Å²) in [7, 11) is 0. The number of hydrogen-bond acceptors (Lipinski definition) is 5. The second-order valence-corrected chi connectivity index (χ2v) is 6.07. The zero-order valence-electron chi connectivity index (χ0n) is 14.8. The zero-order chi connectivity index (χ0) is 21.9. The molecule has 0 bridgehead atoms. The summed E-state index contributed by atoms with van der Waals surface area (Å²) in [6, 6.07) is 3.46. The van der Waals surface area contributed by atoms with Gasteiger partial charge in [-0.05, 0) is 40.6 Å². The molecule has 3 aromatic rings. The molecule has 1 unspecified atom stereocenters. The van der Waals surface area contributed by atoms with Gasteiger partial charge in [-0.1, -0.05) is 5.92 Å². The third-order valence-corrected chi connectivity index (χ3v) is 4.09. The molecule has 6 nitrogen and oxygen atoms in total. The van der Waals surface area contributed by atoms with Crippen LogP contribution >= 0.6 is 0 Å². The molecule has 0 aliphatic heterocycles. The van der Waals surface area contributed by atoms with Gasteiger partial charge >= 0.3 is 5.92 Å². The van der Waals surface area contributed by atoms with Gasteiger partial charge in [0.1, 0.15) is 23.7 Å². The highest BCUT2D eigenvalue weighted by molar-refractivity contribution is 5.36. The average Bonchev–Trinajstić information content (AvgIpc) is 3.19. The SMILES string of the molecule is OC(Cn1cnnn1)(c1ccc(F)cc1F)C(F)(F)c1ccc(C#CC(F)F)cn1. The van der Waals surface area contributed by atoms with E-state index in [2.05, 4.69) is 20.5 Å². The van der Waals surface area contributed by atoms with Gasteiger partial charge in [-0.3, -0.25) is 4.98 Å². The maximum atomic E-state index is 15.4. The van der Waals surface area contributed by atoms with E-state index in [0.717, 1.165) is 29.3 Å². The second kappa shape index (κ2) is 8.11. The highest BCUT2D eigenvalue weighted by Crippen LogP contribution is 2.46. The molecule has 0 aliphatic carbocycles. The third kappa shape index (κ3) is 4.11. The smallest absolute Gasteiger partial charge is 0.323 e. The molecular formula is C18H11F6N5O. The van der Waals surface area contributed by atoms with Gasteiger partial charge in [0.25, 0.3) is 6.43 Å². The molecule has 12 heteroatoms. The first-order chi connectivity index (χ1) is 14.1. The van der Waals surface area contributed by atoms with Gasteiger partial charge in [0, 0.05) is 23.4 Å². The van der Waals surface area contributed by atoms with E-state index in [1.165, 1.54) is 0 Å². The standard InChI is InChI=1S/C18H11F6N5O/c19-12-3-4-13(14(20)7-12)17(30,9-29-10-26-27-28-29)18(23,24)15-5-1-11(8-25-15)2-6-16(21)22/h1,3-5,7-8,10,16,30H,9H2. The number of pyridine rings is 1. The Balaban J connectivity index is 2.09. The monoisotopic (exact) mass is 427 g/mol. The summed E-state index contributed by atoms with van der Waals surface area (Å²) in [5.41, 5.74) is -5.30. The van der Waals surface area contributed by atoms with Crippen LogP contribution in [-0.2, 0) is 18.1 Å². The lowest BCUT2D eigenvalue weighted by Crippen LogP contribution is -2.48. The van der Waals surface area contributed by atoms with Crippen molar-refractivity contribution in [3.05, 3.63) is 71.3 Å². The van der Waals surface area contributed by atoms with Crippen LogP contribution in [0.1, 0.15) is 16.8 Å². The Hall–Kier alpha value is -3.46. The minimum Gasteiger partial charge on any atom is -0.377 e. The first-order valence-corrected chi connectivity index (χ1v) is 8.16. The maximum Gasteiger partial charge on any atom is 0.323 e. The van der Waals surface area contributed by atoms with E-state index in [1.54, 1.807) is 5.92 Å². The fraction of sp³-hybridized carbons (Fsp3) is 0.222. The lowest BCUT2D eigenvalue weighted by Gasteiger charge is -2.35. The fourth-order valence-electron chi connectivity index (χ4n) is 2.67. The Morgan fingerprint density at radius 3 is 2.47 bits per heavy atom. The molecule has 2 aromatic heterocycles. The van der Waals surface area contributed by atoms with Gasteiger partial charge in [-0.15, -0.1) is 5.10 Å². The Labute approximate surface area is 165 Å². The number of aromatic nitrogens is 5. The van der Waals surface area contributed by atoms with Crippen molar-refractivity contribution in [1.82, 2.24) is 25.2 Å². The van der Waals surface area contributed by atoms with Gasteiger partial charge in [-0.25, -0.2) is 13.5 Å². The summed E-state index contributed by atoms with van der Waals surface area (Å²) in [6.45, 7) is -1.01. The van der Waals surface area contributed by atoms with Crippen LogP contribution in [0.15, 0.2) is 42.9 Å². The molecule has 0 spiro atoms. The molecule has 0 amide bonds. The van der Waals surface area contributed by atoms with E-state index in [0.29, 0.717) is 18.2 Å². The highest BCUT2D eigenvalue weighted by atomic mass is 19.3. The van der Waals surface area contributed by atoms with E-state index < -0.39 is 47.4 Å². The van der Waals surface area contributed by atoms with Crippen LogP contribution in [0.3, 0.4) is 0 Å². The Kier molecular flexibility index (Phi) is 5.75. The van der Waals surface area contributed by atoms with Crippen molar-refractivity contribution in [3.63, 3.8) is 0 Å². The molecular weight excluding hydrogens is 416 g/mol. The van der Waals surface area contributed by atoms with Gasteiger partial charge < -0.3 is 5.11 Å². The summed E-state index contributed by atoms with van der Waals surface area (Å²) in [4.78, 5) is 3.48. The molecule has 30 heavy (non-hydrogen) atoms. The number of hydrogen-bond donors (Lipinski definition) is 1. The van der Waals surface area contributed by atoms with Gasteiger partial charge in [0.15, 0.2) is 5.60 Å².